The first-order valence-corrected chi connectivity index (χ1v) is 9.89. The van der Waals surface area contributed by atoms with Crippen LogP contribution in [0.1, 0.15) is 56.3 Å². The molecule has 0 radical (unpaired) electrons. The number of carboxylic acids is 1. The molecule has 0 saturated heterocycles. The lowest BCUT2D eigenvalue weighted by Crippen LogP contribution is -2.46. The Bertz CT molecular complexity index is 668. The van der Waals surface area contributed by atoms with Crippen molar-refractivity contribution in [3.63, 3.8) is 0 Å². The van der Waals surface area contributed by atoms with E-state index in [1.54, 1.807) is 24.3 Å². The molecule has 1 unspecified atom stereocenters. The van der Waals surface area contributed by atoms with E-state index in [0.29, 0.717) is 23.8 Å². The monoisotopic (exact) mass is 390 g/mol. The minimum absolute atomic E-state index is 0.117. The molecule has 2 N–H and O–H groups in total. The van der Waals surface area contributed by atoms with Crippen LogP contribution in [0, 0.1) is 5.92 Å². The fourth-order valence-electron chi connectivity index (χ4n) is 3.38. The third-order valence-corrected chi connectivity index (χ3v) is 5.12. The van der Waals surface area contributed by atoms with Gasteiger partial charge >= 0.3 is 5.97 Å². The molecule has 1 saturated carbocycles. The van der Waals surface area contributed by atoms with Crippen molar-refractivity contribution in [2.24, 2.45) is 5.92 Å². The number of hydrogen-bond donors (Lipinski definition) is 2. The maximum absolute atomic E-state index is 12.8. The largest absolute Gasteiger partial charge is 0.493 e. The SMILES string of the molecule is CC(=O)NCCN(C(=O)c1ccc(OCC2CCCCC2)cc1)C(C)C(=O)O. The molecule has 2 amide bonds. The number of rotatable bonds is 9. The number of carbonyl (C=O) groups excluding carboxylic acids is 2. The van der Waals surface area contributed by atoms with E-state index in [1.165, 1.54) is 50.9 Å². The topological polar surface area (TPSA) is 95.9 Å². The summed E-state index contributed by atoms with van der Waals surface area (Å²) in [5.41, 5.74) is 0.390. The van der Waals surface area contributed by atoms with Crippen molar-refractivity contribution in [3.8, 4) is 5.75 Å². The average Bonchev–Trinajstić information content (AvgIpc) is 2.69. The number of benzene rings is 1. The second kappa shape index (κ2) is 10.7. The standard InChI is InChI=1S/C21H30N2O5/c1-15(21(26)27)23(13-12-22-16(2)24)20(25)18-8-10-19(11-9-18)28-14-17-6-4-3-5-7-17/h8-11,15,17H,3-7,12-14H2,1-2H3,(H,22,24)(H,26,27). The van der Waals surface area contributed by atoms with Crippen molar-refractivity contribution in [2.45, 2.75) is 52.0 Å². The summed E-state index contributed by atoms with van der Waals surface area (Å²) < 4.78 is 5.85. The van der Waals surface area contributed by atoms with Gasteiger partial charge in [-0.15, -0.1) is 0 Å². The Balaban J connectivity index is 1.98. The lowest BCUT2D eigenvalue weighted by atomic mass is 9.90. The van der Waals surface area contributed by atoms with Crippen LogP contribution in [0.15, 0.2) is 24.3 Å². The Morgan fingerprint density at radius 1 is 1.18 bits per heavy atom. The molecule has 1 aromatic rings. The molecule has 0 heterocycles. The van der Waals surface area contributed by atoms with Crippen LogP contribution in [0.3, 0.4) is 0 Å². The average molecular weight is 390 g/mol. The fraction of sp³-hybridized carbons (Fsp3) is 0.571. The number of carbonyl (C=O) groups is 3. The van der Waals surface area contributed by atoms with E-state index >= 15 is 0 Å². The van der Waals surface area contributed by atoms with E-state index in [0.717, 1.165) is 0 Å². The highest BCUT2D eigenvalue weighted by Crippen LogP contribution is 2.25. The molecule has 1 aliphatic carbocycles. The number of nitrogens with zero attached hydrogens (tertiary/aromatic N) is 1. The zero-order valence-corrected chi connectivity index (χ0v) is 16.6. The van der Waals surface area contributed by atoms with E-state index in [-0.39, 0.29) is 24.9 Å². The Hall–Kier alpha value is -2.57. The molecule has 2 rings (SSSR count). The van der Waals surface area contributed by atoms with E-state index in [2.05, 4.69) is 5.32 Å². The highest BCUT2D eigenvalue weighted by atomic mass is 16.5. The number of amides is 2. The fourth-order valence-corrected chi connectivity index (χ4v) is 3.38. The normalized spacial score (nSPS) is 15.5. The van der Waals surface area contributed by atoms with Crippen LogP contribution in [0.4, 0.5) is 0 Å². The molecule has 1 aromatic carbocycles. The van der Waals surface area contributed by atoms with Crippen LogP contribution in [0.25, 0.3) is 0 Å². The van der Waals surface area contributed by atoms with Crippen LogP contribution in [0.2, 0.25) is 0 Å². The minimum Gasteiger partial charge on any atom is -0.493 e. The van der Waals surface area contributed by atoms with Gasteiger partial charge < -0.3 is 20.1 Å². The third-order valence-electron chi connectivity index (χ3n) is 5.12. The number of carboxylic acid groups (broad SMARTS) is 1. The molecular weight excluding hydrogens is 360 g/mol. The van der Waals surface area contributed by atoms with Crippen molar-refractivity contribution in [2.75, 3.05) is 19.7 Å². The highest BCUT2D eigenvalue weighted by Gasteiger charge is 2.26. The molecule has 0 bridgehead atoms. The maximum atomic E-state index is 12.8. The molecule has 0 aromatic heterocycles. The van der Waals surface area contributed by atoms with Gasteiger partial charge in [-0.1, -0.05) is 19.3 Å². The number of nitrogens with one attached hydrogen (secondary N) is 1. The first kappa shape index (κ1) is 21.7. The van der Waals surface area contributed by atoms with Crippen molar-refractivity contribution in [1.82, 2.24) is 10.2 Å². The smallest absolute Gasteiger partial charge is 0.326 e. The number of ether oxygens (including phenoxy) is 1. The van der Waals surface area contributed by atoms with Crippen molar-refractivity contribution in [3.05, 3.63) is 29.8 Å². The molecule has 1 aliphatic rings. The quantitative estimate of drug-likeness (QED) is 0.676. The maximum Gasteiger partial charge on any atom is 0.326 e. The van der Waals surface area contributed by atoms with Crippen LogP contribution in [-0.2, 0) is 9.59 Å². The van der Waals surface area contributed by atoms with Crippen LogP contribution in [-0.4, -0.2) is 53.5 Å². The third kappa shape index (κ3) is 6.55. The lowest BCUT2D eigenvalue weighted by molar-refractivity contribution is -0.141. The summed E-state index contributed by atoms with van der Waals surface area (Å²) in [6.45, 7) is 3.83. The van der Waals surface area contributed by atoms with Gasteiger partial charge in [0, 0.05) is 25.6 Å². The van der Waals surface area contributed by atoms with Crippen molar-refractivity contribution in [1.29, 1.82) is 0 Å². The molecule has 0 aliphatic heterocycles. The second-order valence-corrected chi connectivity index (χ2v) is 7.34. The van der Waals surface area contributed by atoms with Gasteiger partial charge in [-0.3, -0.25) is 9.59 Å². The Morgan fingerprint density at radius 3 is 2.39 bits per heavy atom. The van der Waals surface area contributed by atoms with Gasteiger partial charge in [-0.05, 0) is 49.9 Å². The molecule has 1 fully saturated rings. The van der Waals surface area contributed by atoms with Gasteiger partial charge in [0.25, 0.3) is 5.91 Å². The van der Waals surface area contributed by atoms with Crippen LogP contribution >= 0.6 is 0 Å². The number of hydrogen-bond acceptors (Lipinski definition) is 4. The van der Waals surface area contributed by atoms with E-state index in [4.69, 9.17) is 4.74 Å². The predicted molar refractivity (Wildman–Crippen MR) is 105 cm³/mol. The van der Waals surface area contributed by atoms with Crippen molar-refractivity contribution < 1.29 is 24.2 Å². The molecular formula is C21H30N2O5. The minimum atomic E-state index is -1.09. The summed E-state index contributed by atoms with van der Waals surface area (Å²) in [5.74, 6) is -0.411. The summed E-state index contributed by atoms with van der Waals surface area (Å²) in [7, 11) is 0. The van der Waals surface area contributed by atoms with Gasteiger partial charge in [0.2, 0.25) is 5.91 Å². The van der Waals surface area contributed by atoms with Crippen molar-refractivity contribution >= 4 is 17.8 Å². The Morgan fingerprint density at radius 2 is 1.82 bits per heavy atom. The Kier molecular flexibility index (Phi) is 8.29. The predicted octanol–water partition coefficient (Wildman–Crippen LogP) is 2.70. The Labute approximate surface area is 166 Å². The molecule has 7 heteroatoms. The van der Waals surface area contributed by atoms with Gasteiger partial charge in [0.15, 0.2) is 0 Å². The van der Waals surface area contributed by atoms with E-state index in [9.17, 15) is 19.5 Å². The molecule has 1 atom stereocenters. The summed E-state index contributed by atoms with van der Waals surface area (Å²) in [5, 5.41) is 11.9. The second-order valence-electron chi connectivity index (χ2n) is 7.34. The zero-order valence-electron chi connectivity index (χ0n) is 16.6. The van der Waals surface area contributed by atoms with Crippen LogP contribution < -0.4 is 10.1 Å². The van der Waals surface area contributed by atoms with Gasteiger partial charge in [-0.2, -0.15) is 0 Å². The summed E-state index contributed by atoms with van der Waals surface area (Å²) in [4.78, 5) is 36.4. The molecule has 0 spiro atoms. The van der Waals surface area contributed by atoms with Gasteiger partial charge in [0.05, 0.1) is 6.61 Å². The van der Waals surface area contributed by atoms with Crippen LogP contribution in [0.5, 0.6) is 5.75 Å². The molecule has 154 valence electrons. The zero-order chi connectivity index (χ0) is 20.5. The van der Waals surface area contributed by atoms with E-state index < -0.39 is 12.0 Å². The summed E-state index contributed by atoms with van der Waals surface area (Å²) in [6, 6.07) is 5.79. The first-order chi connectivity index (χ1) is 13.4. The highest BCUT2D eigenvalue weighted by molar-refractivity contribution is 5.96. The van der Waals surface area contributed by atoms with Gasteiger partial charge in [-0.25, -0.2) is 4.79 Å². The van der Waals surface area contributed by atoms with E-state index in [1.807, 2.05) is 0 Å². The summed E-state index contributed by atoms with van der Waals surface area (Å²) >= 11 is 0. The molecule has 7 nitrogen and oxygen atoms in total. The number of aliphatic carboxylic acids is 1. The first-order valence-electron chi connectivity index (χ1n) is 9.89. The van der Waals surface area contributed by atoms with Gasteiger partial charge in [0.1, 0.15) is 11.8 Å². The molecule has 28 heavy (non-hydrogen) atoms. The summed E-state index contributed by atoms with van der Waals surface area (Å²) in [6.07, 6.45) is 6.23. The lowest BCUT2D eigenvalue weighted by Gasteiger charge is -2.27.